The minimum Gasteiger partial charge on any atom is -0.481 e. The molecular formula is C28H36N2O7. The zero-order valence-corrected chi connectivity index (χ0v) is 21.2. The van der Waals surface area contributed by atoms with Gasteiger partial charge in [-0.05, 0) is 42.6 Å². The van der Waals surface area contributed by atoms with Crippen molar-refractivity contribution in [1.82, 2.24) is 4.90 Å². The van der Waals surface area contributed by atoms with Crippen molar-refractivity contribution in [2.75, 3.05) is 32.1 Å². The smallest absolute Gasteiger partial charge is 0.303 e. The Labute approximate surface area is 217 Å². The number of aliphatic hydroxyl groups excluding tert-OH is 1. The molecule has 0 aromatic heterocycles. The summed E-state index contributed by atoms with van der Waals surface area (Å²) < 4.78 is 18.3. The molecule has 0 bridgehead atoms. The number of carbonyl (C=O) groups excluding carboxylic acids is 1. The van der Waals surface area contributed by atoms with E-state index in [1.54, 1.807) is 19.2 Å². The number of anilines is 1. The van der Waals surface area contributed by atoms with E-state index >= 15 is 0 Å². The van der Waals surface area contributed by atoms with Gasteiger partial charge in [-0.1, -0.05) is 36.4 Å². The molecule has 0 unspecified atom stereocenters. The van der Waals surface area contributed by atoms with E-state index in [1.807, 2.05) is 36.4 Å². The summed E-state index contributed by atoms with van der Waals surface area (Å²) in [5.74, 6) is -1.37. The summed E-state index contributed by atoms with van der Waals surface area (Å²) in [5, 5.41) is 21.0. The first-order chi connectivity index (χ1) is 17.9. The number of hydrogen-bond acceptors (Lipinski definition) is 7. The molecule has 4 atom stereocenters. The summed E-state index contributed by atoms with van der Waals surface area (Å²) in [6.45, 7) is 2.46. The van der Waals surface area contributed by atoms with Crippen LogP contribution in [0.1, 0.15) is 61.2 Å². The summed E-state index contributed by atoms with van der Waals surface area (Å²) in [5.41, 5.74) is 3.19. The van der Waals surface area contributed by atoms with Gasteiger partial charge >= 0.3 is 5.97 Å². The highest BCUT2D eigenvalue weighted by molar-refractivity contribution is 5.92. The fraction of sp³-hybridized carbons (Fsp3) is 0.500. The predicted octanol–water partition coefficient (Wildman–Crippen LogP) is 3.64. The van der Waals surface area contributed by atoms with Crippen LogP contribution in [0.25, 0.3) is 0 Å². The first kappa shape index (κ1) is 27.2. The monoisotopic (exact) mass is 512 g/mol. The highest BCUT2D eigenvalue weighted by Crippen LogP contribution is 2.39. The van der Waals surface area contributed by atoms with Crippen molar-refractivity contribution in [3.63, 3.8) is 0 Å². The molecule has 2 heterocycles. The van der Waals surface area contributed by atoms with Crippen molar-refractivity contribution in [2.24, 2.45) is 0 Å². The van der Waals surface area contributed by atoms with Crippen LogP contribution in [0.2, 0.25) is 0 Å². The average molecular weight is 513 g/mol. The Morgan fingerprint density at radius 3 is 2.65 bits per heavy atom. The standard InChI is InChI=1S/C28H36N2O7/c1-35-18-23-6-3-13-30(23)16-24-15-25(20-9-7-19(17-31)8-10-20)37-28(36-24)21-4-2-5-22(14-21)29-26(32)11-12-27(33)34/h2,4-5,7-10,14,23-25,28,31H,3,6,11-13,15-18H2,1H3,(H,29,32)(H,33,34)/t23-,24+,25-,28-/m0/s1. The number of aliphatic carboxylic acids is 1. The number of carboxylic acids is 1. The lowest BCUT2D eigenvalue weighted by Gasteiger charge is -2.39. The van der Waals surface area contributed by atoms with E-state index < -0.39 is 12.3 Å². The molecule has 0 radical (unpaired) electrons. The molecule has 0 saturated carbocycles. The molecule has 200 valence electrons. The van der Waals surface area contributed by atoms with Gasteiger partial charge in [0, 0.05) is 43.8 Å². The van der Waals surface area contributed by atoms with E-state index in [-0.39, 0.29) is 37.6 Å². The number of ether oxygens (including phenoxy) is 3. The Morgan fingerprint density at radius 2 is 1.92 bits per heavy atom. The lowest BCUT2D eigenvalue weighted by Crippen LogP contribution is -2.42. The summed E-state index contributed by atoms with van der Waals surface area (Å²) >= 11 is 0. The van der Waals surface area contributed by atoms with Crippen molar-refractivity contribution < 1.29 is 34.0 Å². The van der Waals surface area contributed by atoms with Crippen LogP contribution in [-0.4, -0.2) is 65.9 Å². The molecule has 2 saturated heterocycles. The van der Waals surface area contributed by atoms with Gasteiger partial charge in [-0.15, -0.1) is 0 Å². The molecule has 37 heavy (non-hydrogen) atoms. The van der Waals surface area contributed by atoms with Gasteiger partial charge in [0.1, 0.15) is 0 Å². The molecule has 3 N–H and O–H groups in total. The van der Waals surface area contributed by atoms with E-state index in [9.17, 15) is 14.7 Å². The van der Waals surface area contributed by atoms with Gasteiger partial charge in [0.15, 0.2) is 6.29 Å². The van der Waals surface area contributed by atoms with Gasteiger partial charge in [0.2, 0.25) is 5.91 Å². The number of carbonyl (C=O) groups is 2. The maximum absolute atomic E-state index is 12.2. The largest absolute Gasteiger partial charge is 0.481 e. The zero-order chi connectivity index (χ0) is 26.2. The summed E-state index contributed by atoms with van der Waals surface area (Å²) in [7, 11) is 1.73. The molecule has 2 aliphatic heterocycles. The third-order valence-corrected chi connectivity index (χ3v) is 6.92. The van der Waals surface area contributed by atoms with Crippen LogP contribution in [0.15, 0.2) is 48.5 Å². The molecule has 0 spiro atoms. The van der Waals surface area contributed by atoms with Crippen LogP contribution < -0.4 is 5.32 Å². The molecule has 9 heteroatoms. The van der Waals surface area contributed by atoms with E-state index in [0.29, 0.717) is 24.8 Å². The van der Waals surface area contributed by atoms with Crippen molar-refractivity contribution >= 4 is 17.6 Å². The maximum Gasteiger partial charge on any atom is 0.303 e. The number of hydrogen-bond donors (Lipinski definition) is 3. The van der Waals surface area contributed by atoms with Crippen LogP contribution in [0.4, 0.5) is 5.69 Å². The van der Waals surface area contributed by atoms with Crippen molar-refractivity contribution in [3.05, 3.63) is 65.2 Å². The number of nitrogens with zero attached hydrogens (tertiary/aromatic N) is 1. The highest BCUT2D eigenvalue weighted by Gasteiger charge is 2.35. The minimum atomic E-state index is -1.01. The molecule has 2 aromatic rings. The fourth-order valence-corrected chi connectivity index (χ4v) is 5.02. The number of benzene rings is 2. The Morgan fingerprint density at radius 1 is 1.11 bits per heavy atom. The molecule has 2 fully saturated rings. The first-order valence-corrected chi connectivity index (χ1v) is 12.8. The van der Waals surface area contributed by atoms with Crippen LogP contribution >= 0.6 is 0 Å². The second kappa shape index (κ2) is 13.1. The van der Waals surface area contributed by atoms with Crippen molar-refractivity contribution in [3.8, 4) is 0 Å². The van der Waals surface area contributed by atoms with E-state index in [0.717, 1.165) is 42.6 Å². The number of aliphatic hydroxyl groups is 1. The van der Waals surface area contributed by atoms with Crippen molar-refractivity contribution in [2.45, 2.75) is 63.3 Å². The van der Waals surface area contributed by atoms with Gasteiger partial charge < -0.3 is 29.7 Å². The van der Waals surface area contributed by atoms with E-state index in [4.69, 9.17) is 19.3 Å². The normalized spacial score (nSPS) is 24.2. The minimum absolute atomic E-state index is 0.0129. The number of methoxy groups -OCH3 is 1. The molecule has 2 aromatic carbocycles. The number of likely N-dealkylation sites (tertiary alicyclic amines) is 1. The second-order valence-electron chi connectivity index (χ2n) is 9.66. The number of carboxylic acid groups (broad SMARTS) is 1. The molecular weight excluding hydrogens is 476 g/mol. The van der Waals surface area contributed by atoms with Gasteiger partial charge in [0.05, 0.1) is 31.8 Å². The first-order valence-electron chi connectivity index (χ1n) is 12.8. The topological polar surface area (TPSA) is 118 Å². The van der Waals surface area contributed by atoms with Crippen LogP contribution in [0.3, 0.4) is 0 Å². The Bertz CT molecular complexity index is 1050. The quantitative estimate of drug-likeness (QED) is 0.418. The lowest BCUT2D eigenvalue weighted by molar-refractivity contribution is -0.253. The van der Waals surface area contributed by atoms with Gasteiger partial charge in [-0.2, -0.15) is 0 Å². The van der Waals surface area contributed by atoms with Gasteiger partial charge in [-0.25, -0.2) is 0 Å². The third-order valence-electron chi connectivity index (χ3n) is 6.92. The maximum atomic E-state index is 12.2. The SMILES string of the molecule is COC[C@@H]1CCCN1C[C@H]1C[C@@H](c2ccc(CO)cc2)O[C@@H](c2cccc(NC(=O)CCC(=O)O)c2)O1. The molecule has 0 aliphatic carbocycles. The Kier molecular flexibility index (Phi) is 9.65. The number of nitrogens with one attached hydrogen (secondary N) is 1. The Balaban J connectivity index is 1.51. The highest BCUT2D eigenvalue weighted by atomic mass is 16.7. The van der Waals surface area contributed by atoms with Crippen molar-refractivity contribution in [1.29, 1.82) is 0 Å². The summed E-state index contributed by atoms with van der Waals surface area (Å²) in [6, 6.07) is 15.4. The van der Waals surface area contributed by atoms with Gasteiger partial charge in [0.25, 0.3) is 0 Å². The van der Waals surface area contributed by atoms with Crippen LogP contribution in [-0.2, 0) is 30.4 Å². The summed E-state index contributed by atoms with van der Waals surface area (Å²) in [4.78, 5) is 25.4. The third kappa shape index (κ3) is 7.59. The van der Waals surface area contributed by atoms with E-state index in [2.05, 4.69) is 10.2 Å². The molecule has 4 rings (SSSR count). The van der Waals surface area contributed by atoms with Gasteiger partial charge in [-0.3, -0.25) is 14.5 Å². The van der Waals surface area contributed by atoms with Crippen LogP contribution in [0.5, 0.6) is 0 Å². The lowest BCUT2D eigenvalue weighted by atomic mass is 9.99. The molecule has 9 nitrogen and oxygen atoms in total. The summed E-state index contributed by atoms with van der Waals surface area (Å²) in [6.07, 6.45) is 1.70. The molecule has 2 aliphatic rings. The average Bonchev–Trinajstić information content (AvgIpc) is 3.34. The van der Waals surface area contributed by atoms with Crippen LogP contribution in [0, 0.1) is 0 Å². The Hall–Kier alpha value is -2.82. The number of rotatable bonds is 11. The molecule has 1 amide bonds. The fourth-order valence-electron chi connectivity index (χ4n) is 5.02. The second-order valence-corrected chi connectivity index (χ2v) is 9.66. The zero-order valence-electron chi connectivity index (χ0n) is 21.2. The number of amides is 1. The predicted molar refractivity (Wildman–Crippen MR) is 137 cm³/mol. The van der Waals surface area contributed by atoms with E-state index in [1.165, 1.54) is 0 Å².